The number of urea groups is 1. The van der Waals surface area contributed by atoms with Gasteiger partial charge < -0.3 is 4.84 Å². The third-order valence-electron chi connectivity index (χ3n) is 5.92. The van der Waals surface area contributed by atoms with Gasteiger partial charge in [-0.2, -0.15) is 0 Å². The Morgan fingerprint density at radius 2 is 1.93 bits per heavy atom. The number of oxime groups is 1. The molecule has 4 rings (SSSR count). The molecule has 0 unspecified atom stereocenters. The molecule has 0 bridgehead atoms. The summed E-state index contributed by atoms with van der Waals surface area (Å²) in [6.07, 6.45) is 5.66. The lowest BCUT2D eigenvalue weighted by Gasteiger charge is -2.24. The van der Waals surface area contributed by atoms with Crippen molar-refractivity contribution in [1.29, 1.82) is 0 Å². The molecule has 0 heterocycles. The summed E-state index contributed by atoms with van der Waals surface area (Å²) in [4.78, 5) is 18.1. The summed E-state index contributed by atoms with van der Waals surface area (Å²) in [6, 6.07) is 11.7. The van der Waals surface area contributed by atoms with E-state index < -0.39 is 6.03 Å². The van der Waals surface area contributed by atoms with E-state index in [0.717, 1.165) is 58.1 Å². The second kappa shape index (κ2) is 8.45. The van der Waals surface area contributed by atoms with Crippen LogP contribution in [-0.2, 0) is 24.3 Å². The van der Waals surface area contributed by atoms with E-state index in [-0.39, 0.29) is 6.61 Å². The van der Waals surface area contributed by atoms with Crippen LogP contribution in [0.15, 0.2) is 41.6 Å². The number of hydrogen-bond acceptors (Lipinski definition) is 5. The molecule has 2 aliphatic rings. The van der Waals surface area contributed by atoms with Gasteiger partial charge in [0, 0.05) is 18.2 Å². The number of nitrogens with zero attached hydrogens (tertiary/aromatic N) is 3. The summed E-state index contributed by atoms with van der Waals surface area (Å²) in [5, 5.41) is 6.45. The van der Waals surface area contributed by atoms with Crippen molar-refractivity contribution in [3.8, 4) is 0 Å². The highest BCUT2D eigenvalue weighted by atomic mass is 16.6. The second-order valence-corrected chi connectivity index (χ2v) is 8.13. The van der Waals surface area contributed by atoms with Crippen molar-refractivity contribution in [1.82, 2.24) is 5.01 Å². The van der Waals surface area contributed by atoms with Gasteiger partial charge in [-0.25, -0.2) is 21.5 Å². The van der Waals surface area contributed by atoms with Crippen molar-refractivity contribution in [3.63, 3.8) is 0 Å². The summed E-state index contributed by atoms with van der Waals surface area (Å²) >= 11 is 0. The van der Waals surface area contributed by atoms with Crippen LogP contribution in [0.4, 0.5) is 10.5 Å². The zero-order valence-corrected chi connectivity index (χ0v) is 17.6. The molecule has 0 aromatic heterocycles. The number of carbonyl (C=O) groups is 1. The van der Waals surface area contributed by atoms with E-state index in [1.807, 2.05) is 19.1 Å². The monoisotopic (exact) mass is 407 g/mol. The average Bonchev–Trinajstić information content (AvgIpc) is 3.48. The number of fused-ring (bicyclic) bond motifs is 1. The lowest BCUT2D eigenvalue weighted by Crippen LogP contribution is -2.49. The van der Waals surface area contributed by atoms with Gasteiger partial charge in [0.05, 0.1) is 11.4 Å². The first kappa shape index (κ1) is 20.4. The number of anilines is 1. The van der Waals surface area contributed by atoms with Crippen LogP contribution in [0.2, 0.25) is 0 Å². The van der Waals surface area contributed by atoms with E-state index in [9.17, 15) is 4.79 Å². The maximum Gasteiger partial charge on any atom is 0.352 e. The predicted molar refractivity (Wildman–Crippen MR) is 118 cm³/mol. The summed E-state index contributed by atoms with van der Waals surface area (Å²) in [7, 11) is 1.47. The molecule has 2 aromatic carbocycles. The Bertz CT molecular complexity index is 982. The molecule has 30 heavy (non-hydrogen) atoms. The van der Waals surface area contributed by atoms with Gasteiger partial charge in [0.2, 0.25) is 0 Å². The second-order valence-electron chi connectivity index (χ2n) is 8.13. The fraction of sp³-hybridized carbons (Fsp3) is 0.391. The molecule has 7 heteroatoms. The maximum atomic E-state index is 12.3. The molecular weight excluding hydrogens is 378 g/mol. The van der Waals surface area contributed by atoms with E-state index in [1.54, 1.807) is 0 Å². The molecule has 2 aromatic rings. The fourth-order valence-electron chi connectivity index (χ4n) is 4.23. The van der Waals surface area contributed by atoms with Gasteiger partial charge in [-0.15, -0.1) is 0 Å². The molecule has 7 nitrogen and oxygen atoms in total. The minimum atomic E-state index is -0.497. The molecular formula is C23H29N5O2. The van der Waals surface area contributed by atoms with Crippen molar-refractivity contribution in [2.75, 3.05) is 12.1 Å². The molecule has 158 valence electrons. The Hall–Kier alpha value is -2.90. The minimum Gasteiger partial charge on any atom is -0.391 e. The Balaban J connectivity index is 1.58. The third-order valence-corrected chi connectivity index (χ3v) is 5.92. The quantitative estimate of drug-likeness (QED) is 0.331. The number of hydrogen-bond donors (Lipinski definition) is 2. The zero-order valence-electron chi connectivity index (χ0n) is 17.6. The molecule has 0 spiro atoms. The van der Waals surface area contributed by atoms with Gasteiger partial charge in [-0.3, -0.25) is 5.01 Å². The van der Waals surface area contributed by atoms with Gasteiger partial charge in [-0.05, 0) is 67.7 Å². The van der Waals surface area contributed by atoms with Crippen LogP contribution in [0, 0.1) is 0 Å². The number of carbonyl (C=O) groups excluding carboxylic acids is 1. The number of amides is 2. The lowest BCUT2D eigenvalue weighted by atomic mass is 10.0. The van der Waals surface area contributed by atoms with Crippen LogP contribution < -0.4 is 16.7 Å². The van der Waals surface area contributed by atoms with Crippen LogP contribution in [0.25, 0.3) is 0 Å². The summed E-state index contributed by atoms with van der Waals surface area (Å²) < 4.78 is 0. The Labute approximate surface area is 177 Å². The van der Waals surface area contributed by atoms with E-state index in [0.29, 0.717) is 11.6 Å². The Morgan fingerprint density at radius 1 is 1.17 bits per heavy atom. The number of hydrazine groups is 2. The third kappa shape index (κ3) is 4.04. The first-order chi connectivity index (χ1) is 14.5. The van der Waals surface area contributed by atoms with Crippen LogP contribution in [0.3, 0.4) is 0 Å². The highest BCUT2D eigenvalue weighted by molar-refractivity contribution is 6.00. The molecule has 0 aliphatic heterocycles. The first-order valence-corrected chi connectivity index (χ1v) is 10.4. The minimum absolute atomic E-state index is 0.240. The summed E-state index contributed by atoms with van der Waals surface area (Å²) in [5.41, 5.74) is 7.44. The smallest absolute Gasteiger partial charge is 0.352 e. The van der Waals surface area contributed by atoms with Crippen LogP contribution >= 0.6 is 0 Å². The van der Waals surface area contributed by atoms with Crippen molar-refractivity contribution in [2.24, 2.45) is 16.8 Å². The fourth-order valence-corrected chi connectivity index (χ4v) is 4.23. The first-order valence-electron chi connectivity index (χ1n) is 10.4. The topological polar surface area (TPSA) is 97.2 Å². The molecule has 0 atom stereocenters. The molecule has 2 aliphatic carbocycles. The van der Waals surface area contributed by atoms with E-state index in [1.165, 1.54) is 24.6 Å². The predicted octanol–water partition coefficient (Wildman–Crippen LogP) is 3.60. The molecule has 1 saturated carbocycles. The van der Waals surface area contributed by atoms with E-state index in [2.05, 4.69) is 29.4 Å². The number of aryl methyl sites for hydroxylation is 1. The van der Waals surface area contributed by atoms with E-state index in [4.69, 9.17) is 16.5 Å². The van der Waals surface area contributed by atoms with Crippen molar-refractivity contribution >= 4 is 17.4 Å². The standard InChI is InChI=1S/C23H29N5O2/c1-15(18-8-3-6-16-7-4-9-19(16)18)26-30-14-21-20(17-12-13-17)10-5-11-22(21)28(25)23(29)27(2)24/h3,5-6,8,10-11,17H,4,7,9,12-14,24-25H2,1-2H3. The molecule has 0 saturated heterocycles. The largest absolute Gasteiger partial charge is 0.391 e. The van der Waals surface area contributed by atoms with Gasteiger partial charge in [0.25, 0.3) is 0 Å². The molecule has 2 amide bonds. The number of benzene rings is 2. The number of nitrogens with two attached hydrogens (primary N) is 2. The van der Waals surface area contributed by atoms with Crippen LogP contribution in [0.5, 0.6) is 0 Å². The van der Waals surface area contributed by atoms with Crippen molar-refractivity contribution in [2.45, 2.75) is 51.6 Å². The lowest BCUT2D eigenvalue weighted by molar-refractivity contribution is 0.130. The zero-order chi connectivity index (χ0) is 21.3. The molecule has 4 N–H and O–H groups in total. The molecule has 0 radical (unpaired) electrons. The van der Waals surface area contributed by atoms with Gasteiger partial charge >= 0.3 is 6.03 Å². The average molecular weight is 408 g/mol. The van der Waals surface area contributed by atoms with E-state index >= 15 is 0 Å². The SMILES string of the molecule is CC(=NOCc1c(C2CC2)cccc1N(N)C(=O)N(C)N)c1cccc2c1CCC2. The van der Waals surface area contributed by atoms with Crippen LogP contribution in [-0.4, -0.2) is 23.8 Å². The van der Waals surface area contributed by atoms with Crippen molar-refractivity contribution < 1.29 is 9.63 Å². The Morgan fingerprint density at radius 3 is 2.67 bits per heavy atom. The Kier molecular flexibility index (Phi) is 5.74. The normalized spacial score (nSPS) is 15.7. The van der Waals surface area contributed by atoms with Crippen LogP contribution in [0.1, 0.15) is 59.9 Å². The molecule has 1 fully saturated rings. The van der Waals surface area contributed by atoms with Crippen molar-refractivity contribution in [3.05, 3.63) is 64.2 Å². The number of rotatable bonds is 6. The highest BCUT2D eigenvalue weighted by Gasteiger charge is 2.29. The van der Waals surface area contributed by atoms with Gasteiger partial charge in [-0.1, -0.05) is 35.5 Å². The maximum absolute atomic E-state index is 12.3. The highest BCUT2D eigenvalue weighted by Crippen LogP contribution is 2.43. The van der Waals surface area contributed by atoms with Gasteiger partial charge in [0.1, 0.15) is 6.61 Å². The van der Waals surface area contributed by atoms with Gasteiger partial charge in [0.15, 0.2) is 0 Å². The summed E-state index contributed by atoms with van der Waals surface area (Å²) in [6.45, 7) is 2.22. The summed E-state index contributed by atoms with van der Waals surface area (Å²) in [5.74, 6) is 12.2.